The summed E-state index contributed by atoms with van der Waals surface area (Å²) in [5, 5.41) is 0. The number of carbonyl (C=O) groups is 1. The number of rotatable bonds is 0. The van der Waals surface area contributed by atoms with Crippen molar-refractivity contribution in [3.63, 3.8) is 0 Å². The molecule has 3 aliphatic carbocycles. The van der Waals surface area contributed by atoms with Crippen molar-refractivity contribution in [1.82, 2.24) is 4.90 Å². The third-order valence-electron chi connectivity index (χ3n) is 4.14. The molecule has 0 aromatic carbocycles. The Hall–Kier alpha value is -0.370. The van der Waals surface area contributed by atoms with Crippen molar-refractivity contribution >= 4 is 5.78 Å². The molecule has 0 N–H and O–H groups in total. The molecule has 0 aromatic heterocycles. The van der Waals surface area contributed by atoms with Gasteiger partial charge in [-0.05, 0) is 38.1 Å². The number of likely N-dealkylation sites (tertiary alicyclic amines) is 1. The van der Waals surface area contributed by atoms with E-state index >= 15 is 0 Å². The molecule has 1 heterocycles. The van der Waals surface area contributed by atoms with E-state index in [-0.39, 0.29) is 0 Å². The summed E-state index contributed by atoms with van der Waals surface area (Å²) in [5.74, 6) is 2.58. The minimum absolute atomic E-state index is 0.322. The van der Waals surface area contributed by atoms with Crippen LogP contribution in [0.15, 0.2) is 0 Å². The summed E-state index contributed by atoms with van der Waals surface area (Å²) < 4.78 is 0. The van der Waals surface area contributed by atoms with Crippen LogP contribution in [0.3, 0.4) is 0 Å². The largest absolute Gasteiger partial charge is 0.298 e. The van der Waals surface area contributed by atoms with Gasteiger partial charge in [0.2, 0.25) is 0 Å². The zero-order valence-electron chi connectivity index (χ0n) is 7.49. The molecule has 0 unspecified atom stereocenters. The number of carbonyl (C=O) groups excluding carboxylic acids is 1. The van der Waals surface area contributed by atoms with Gasteiger partial charge in [0.05, 0.1) is 6.04 Å². The van der Waals surface area contributed by atoms with Crippen LogP contribution in [0.25, 0.3) is 0 Å². The fourth-order valence-corrected chi connectivity index (χ4v) is 3.65. The maximum Gasteiger partial charge on any atom is 0.153 e. The summed E-state index contributed by atoms with van der Waals surface area (Å²) in [6.07, 6.45) is 3.70. The molecule has 3 saturated carbocycles. The molecule has 0 radical (unpaired) electrons. The normalized spacial score (nSPS) is 51.9. The monoisotopic (exact) mass is 165 g/mol. The summed E-state index contributed by atoms with van der Waals surface area (Å²) in [6, 6.07) is 0.322. The molecule has 66 valence electrons. The highest BCUT2D eigenvalue weighted by Crippen LogP contribution is 2.49. The highest BCUT2D eigenvalue weighted by Gasteiger charge is 2.53. The highest BCUT2D eigenvalue weighted by atomic mass is 16.1. The van der Waals surface area contributed by atoms with E-state index in [1.807, 2.05) is 0 Å². The number of ketones is 1. The Morgan fingerprint density at radius 3 is 3.00 bits per heavy atom. The first-order valence-electron chi connectivity index (χ1n) is 5.01. The van der Waals surface area contributed by atoms with Crippen LogP contribution >= 0.6 is 0 Å². The van der Waals surface area contributed by atoms with Gasteiger partial charge in [0, 0.05) is 12.5 Å². The predicted molar refractivity (Wildman–Crippen MR) is 45.7 cm³/mol. The summed E-state index contributed by atoms with van der Waals surface area (Å²) in [5.41, 5.74) is 0. The van der Waals surface area contributed by atoms with E-state index in [2.05, 4.69) is 11.9 Å². The maximum absolute atomic E-state index is 11.8. The molecule has 12 heavy (non-hydrogen) atoms. The van der Waals surface area contributed by atoms with Crippen molar-refractivity contribution in [2.45, 2.75) is 25.3 Å². The van der Waals surface area contributed by atoms with Gasteiger partial charge >= 0.3 is 0 Å². The zero-order valence-corrected chi connectivity index (χ0v) is 7.49. The van der Waals surface area contributed by atoms with E-state index in [1.54, 1.807) is 0 Å². The van der Waals surface area contributed by atoms with Gasteiger partial charge in [-0.1, -0.05) is 0 Å². The lowest BCUT2D eigenvalue weighted by atomic mass is 9.64. The molecule has 4 aliphatic rings. The zero-order chi connectivity index (χ0) is 8.29. The number of nitrogens with zero attached hydrogens (tertiary/aromatic N) is 1. The van der Waals surface area contributed by atoms with E-state index in [9.17, 15) is 4.79 Å². The molecule has 2 nitrogen and oxygen atoms in total. The molecule has 4 fully saturated rings. The van der Waals surface area contributed by atoms with Crippen LogP contribution in [0.5, 0.6) is 0 Å². The SMILES string of the molecule is CN1C[C@@H]2C[C@H]3CC[C@@H]2[C@@H]1C3=O. The average molecular weight is 165 g/mol. The summed E-state index contributed by atoms with van der Waals surface area (Å²) >= 11 is 0. The van der Waals surface area contributed by atoms with Crippen molar-refractivity contribution in [2.75, 3.05) is 13.6 Å². The third kappa shape index (κ3) is 0.674. The van der Waals surface area contributed by atoms with Crippen LogP contribution in [0, 0.1) is 17.8 Å². The van der Waals surface area contributed by atoms with Crippen LogP contribution in [-0.4, -0.2) is 30.3 Å². The fraction of sp³-hybridized carbons (Fsp3) is 0.900. The first-order valence-corrected chi connectivity index (χ1v) is 5.01. The number of Topliss-reactive ketones (excluding diaryl/α,β-unsaturated/α-hetero) is 1. The van der Waals surface area contributed by atoms with Gasteiger partial charge in [-0.2, -0.15) is 0 Å². The second kappa shape index (κ2) is 2.11. The van der Waals surface area contributed by atoms with Gasteiger partial charge < -0.3 is 0 Å². The summed E-state index contributed by atoms with van der Waals surface area (Å²) in [7, 11) is 2.11. The van der Waals surface area contributed by atoms with Gasteiger partial charge in [0.1, 0.15) is 0 Å². The van der Waals surface area contributed by atoms with Gasteiger partial charge in [0.25, 0.3) is 0 Å². The fourth-order valence-electron chi connectivity index (χ4n) is 3.65. The Morgan fingerprint density at radius 2 is 2.25 bits per heavy atom. The Labute approximate surface area is 72.9 Å². The quantitative estimate of drug-likeness (QED) is 0.532. The van der Waals surface area contributed by atoms with Crippen molar-refractivity contribution < 1.29 is 4.79 Å². The van der Waals surface area contributed by atoms with Crippen molar-refractivity contribution in [3.05, 3.63) is 0 Å². The van der Waals surface area contributed by atoms with Crippen LogP contribution < -0.4 is 0 Å². The maximum atomic E-state index is 11.8. The number of hydrogen-bond donors (Lipinski definition) is 0. The topological polar surface area (TPSA) is 20.3 Å². The van der Waals surface area contributed by atoms with E-state index in [0.717, 1.165) is 11.8 Å². The summed E-state index contributed by atoms with van der Waals surface area (Å²) in [6.45, 7) is 1.18. The Balaban J connectivity index is 2.02. The van der Waals surface area contributed by atoms with Gasteiger partial charge in [-0.25, -0.2) is 0 Å². The molecule has 1 saturated heterocycles. The number of hydrogen-bond acceptors (Lipinski definition) is 2. The predicted octanol–water partition coefficient (Wildman–Crippen LogP) is 0.916. The molecule has 0 spiro atoms. The minimum atomic E-state index is 0.322. The molecule has 0 aromatic rings. The molecule has 2 heteroatoms. The van der Waals surface area contributed by atoms with Gasteiger partial charge in [0.15, 0.2) is 5.78 Å². The lowest BCUT2D eigenvalue weighted by molar-refractivity contribution is -0.134. The average Bonchev–Trinajstić information content (AvgIpc) is 2.33. The molecule has 1 aliphatic heterocycles. The van der Waals surface area contributed by atoms with Crippen molar-refractivity contribution in [2.24, 2.45) is 17.8 Å². The molecule has 4 bridgehead atoms. The van der Waals surface area contributed by atoms with Crippen LogP contribution in [-0.2, 0) is 4.79 Å². The molecular formula is C10H15NO. The number of fused-ring (bicyclic) bond motifs is 1. The van der Waals surface area contributed by atoms with Crippen LogP contribution in [0.1, 0.15) is 19.3 Å². The van der Waals surface area contributed by atoms with Crippen LogP contribution in [0.2, 0.25) is 0 Å². The highest BCUT2D eigenvalue weighted by molar-refractivity contribution is 5.88. The smallest absolute Gasteiger partial charge is 0.153 e. The van der Waals surface area contributed by atoms with E-state index in [1.165, 1.54) is 25.8 Å². The van der Waals surface area contributed by atoms with E-state index < -0.39 is 0 Å². The molecule has 4 atom stereocenters. The minimum Gasteiger partial charge on any atom is -0.298 e. The third-order valence-corrected chi connectivity index (χ3v) is 4.14. The first kappa shape index (κ1) is 7.07. The van der Waals surface area contributed by atoms with Gasteiger partial charge in [-0.15, -0.1) is 0 Å². The van der Waals surface area contributed by atoms with Crippen molar-refractivity contribution in [3.8, 4) is 0 Å². The Morgan fingerprint density at radius 1 is 1.42 bits per heavy atom. The molecular weight excluding hydrogens is 150 g/mol. The van der Waals surface area contributed by atoms with Gasteiger partial charge in [-0.3, -0.25) is 9.69 Å². The van der Waals surface area contributed by atoms with Crippen molar-refractivity contribution in [1.29, 1.82) is 0 Å². The first-order chi connectivity index (χ1) is 5.77. The van der Waals surface area contributed by atoms with E-state index in [0.29, 0.717) is 17.7 Å². The Kier molecular flexibility index (Phi) is 1.24. The standard InChI is InChI=1S/C10H15NO/c1-11-5-7-4-6-2-3-8(7)9(11)10(6)12/h6-9H,2-5H2,1H3/t6-,7+,8+,9-/m1/s1. The second-order valence-electron chi connectivity index (χ2n) is 4.72. The lowest BCUT2D eigenvalue weighted by Crippen LogP contribution is -2.48. The molecule has 4 rings (SSSR count). The Bertz CT molecular complexity index is 238. The second-order valence-corrected chi connectivity index (χ2v) is 4.72. The lowest BCUT2D eigenvalue weighted by Gasteiger charge is -2.40. The summed E-state index contributed by atoms with van der Waals surface area (Å²) in [4.78, 5) is 14.1. The van der Waals surface area contributed by atoms with E-state index in [4.69, 9.17) is 0 Å². The molecule has 0 amide bonds. The number of likely N-dealkylation sites (N-methyl/N-ethyl adjacent to an activating group) is 1. The van der Waals surface area contributed by atoms with Crippen LogP contribution in [0.4, 0.5) is 0 Å².